The van der Waals surface area contributed by atoms with Gasteiger partial charge in [-0.3, -0.25) is 0 Å². The van der Waals surface area contributed by atoms with E-state index in [1.54, 1.807) is 0 Å². The molecule has 0 aliphatic heterocycles. The largest absolute Gasteiger partial charge is 0.456 e. The van der Waals surface area contributed by atoms with E-state index in [2.05, 4.69) is 21.0 Å². The van der Waals surface area contributed by atoms with Gasteiger partial charge in [0.1, 0.15) is 11.2 Å². The van der Waals surface area contributed by atoms with Crippen molar-refractivity contribution in [2.45, 2.75) is 0 Å². The average Bonchev–Trinajstić information content (AvgIpc) is 4.10. The molecule has 0 saturated carbocycles. The Labute approximate surface area is 357 Å². The first-order valence-corrected chi connectivity index (χ1v) is 19.3. The summed E-state index contributed by atoms with van der Waals surface area (Å²) < 4.78 is 151. The third-order valence-electron chi connectivity index (χ3n) is 9.84. The lowest BCUT2D eigenvalue weighted by atomic mass is 9.93. The van der Waals surface area contributed by atoms with Crippen LogP contribution in [0.1, 0.15) is 21.9 Å². The van der Waals surface area contributed by atoms with Crippen LogP contribution in [-0.4, -0.2) is 15.0 Å². The average molecular weight is 780 g/mol. The third kappa shape index (κ3) is 5.22. The highest BCUT2D eigenvalue weighted by molar-refractivity contribution is 7.26. The van der Waals surface area contributed by atoms with Crippen molar-refractivity contribution in [3.8, 4) is 56.4 Å². The predicted octanol–water partition coefficient (Wildman–Crippen LogP) is 14.8. The molecular formula is C51H29N3OS2. The Morgan fingerprint density at radius 2 is 1.14 bits per heavy atom. The van der Waals surface area contributed by atoms with Crippen LogP contribution in [0, 0.1) is 0 Å². The first-order chi connectivity index (χ1) is 34.9. The van der Waals surface area contributed by atoms with E-state index in [1.165, 1.54) is 11.3 Å². The topological polar surface area (TPSA) is 51.8 Å². The lowest BCUT2D eigenvalue weighted by Gasteiger charge is -2.11. The molecule has 4 nitrogen and oxygen atoms in total. The van der Waals surface area contributed by atoms with Gasteiger partial charge in [-0.05, 0) is 59.1 Å². The molecule has 266 valence electrons. The molecule has 0 N–H and O–H groups in total. The molecule has 0 saturated heterocycles. The van der Waals surface area contributed by atoms with Gasteiger partial charge in [-0.2, -0.15) is 0 Å². The normalized spacial score (nSPS) is 15.8. The number of para-hydroxylation sites is 1. The highest BCUT2D eigenvalue weighted by Gasteiger charge is 2.20. The Hall–Kier alpha value is -6.99. The molecule has 0 bridgehead atoms. The van der Waals surface area contributed by atoms with Gasteiger partial charge in [0.15, 0.2) is 17.5 Å². The van der Waals surface area contributed by atoms with E-state index in [0.717, 1.165) is 53.4 Å². The number of furan rings is 1. The van der Waals surface area contributed by atoms with Crippen LogP contribution in [0.4, 0.5) is 0 Å². The summed E-state index contributed by atoms with van der Waals surface area (Å²) in [4.78, 5) is 13.4. The van der Waals surface area contributed by atoms with Gasteiger partial charge in [-0.1, -0.05) is 133 Å². The van der Waals surface area contributed by atoms with E-state index in [0.29, 0.717) is 16.7 Å². The molecule has 4 aromatic heterocycles. The number of rotatable bonds is 5. The second-order valence-corrected chi connectivity index (χ2v) is 15.2. The minimum atomic E-state index is -0.757. The molecule has 12 aromatic rings. The van der Waals surface area contributed by atoms with Gasteiger partial charge in [-0.15, -0.1) is 22.7 Å². The second-order valence-electron chi connectivity index (χ2n) is 13.1. The Bertz CT molecular complexity index is 4350. The molecule has 6 heteroatoms. The molecule has 12 rings (SSSR count). The third-order valence-corrected chi connectivity index (χ3v) is 12.1. The van der Waals surface area contributed by atoms with Crippen molar-refractivity contribution in [2.24, 2.45) is 0 Å². The Kier molecular flexibility index (Phi) is 4.54. The predicted molar refractivity (Wildman–Crippen MR) is 240 cm³/mol. The number of hydrogen-bond donors (Lipinski definition) is 0. The minimum Gasteiger partial charge on any atom is -0.456 e. The van der Waals surface area contributed by atoms with Gasteiger partial charge in [0.2, 0.25) is 0 Å². The summed E-state index contributed by atoms with van der Waals surface area (Å²) in [7, 11) is 0. The van der Waals surface area contributed by atoms with Crippen molar-refractivity contribution in [3.63, 3.8) is 0 Å². The van der Waals surface area contributed by atoms with Crippen LogP contribution in [0.2, 0.25) is 0 Å². The van der Waals surface area contributed by atoms with E-state index in [1.807, 2.05) is 72.8 Å². The zero-order chi connectivity index (χ0) is 51.4. The van der Waals surface area contributed by atoms with Crippen LogP contribution in [0.15, 0.2) is 180 Å². The highest BCUT2D eigenvalue weighted by Crippen LogP contribution is 2.47. The number of nitrogens with zero attached hydrogens (tertiary/aromatic N) is 3. The van der Waals surface area contributed by atoms with Crippen LogP contribution >= 0.6 is 22.7 Å². The summed E-state index contributed by atoms with van der Waals surface area (Å²) >= 11 is 2.37. The lowest BCUT2D eigenvalue weighted by Crippen LogP contribution is -2.00. The summed E-state index contributed by atoms with van der Waals surface area (Å²) in [5.41, 5.74) is 2.15. The monoisotopic (exact) mass is 779 g/mol. The van der Waals surface area contributed by atoms with Crippen LogP contribution < -0.4 is 0 Å². The van der Waals surface area contributed by atoms with Crippen LogP contribution in [0.3, 0.4) is 0 Å². The quantitative estimate of drug-likeness (QED) is 0.175. The van der Waals surface area contributed by atoms with Crippen molar-refractivity contribution in [2.75, 3.05) is 0 Å². The van der Waals surface area contributed by atoms with Crippen molar-refractivity contribution in [3.05, 3.63) is 176 Å². The van der Waals surface area contributed by atoms with Gasteiger partial charge in [-0.25, -0.2) is 15.0 Å². The molecule has 0 atom stereocenters. The molecule has 4 heterocycles. The molecule has 0 spiro atoms. The molecule has 0 unspecified atom stereocenters. The van der Waals surface area contributed by atoms with E-state index in [-0.39, 0.29) is 43.4 Å². The minimum absolute atomic E-state index is 0.0120. The molecule has 0 fully saturated rings. The summed E-state index contributed by atoms with van der Waals surface area (Å²) in [5.74, 6) is -1.76. The van der Waals surface area contributed by atoms with Gasteiger partial charge >= 0.3 is 0 Å². The number of hydrogen-bond acceptors (Lipinski definition) is 6. The van der Waals surface area contributed by atoms with E-state index in [4.69, 9.17) is 19.5 Å². The molecule has 0 amide bonds. The molecule has 0 aliphatic rings. The number of fused-ring (bicyclic) bond motifs is 9. The van der Waals surface area contributed by atoms with E-state index < -0.39 is 113 Å². The Morgan fingerprint density at radius 1 is 0.421 bits per heavy atom. The number of benzene rings is 8. The standard InChI is InChI=1S/C51H29N3OS2/c1-3-13-30(14-4-1)49-52-50(31-15-5-2-6-16-31)54-51(53-49)38-20-12-24-44-47(38)37-26-25-32(29-45(37)56-44)39-27-33(28-40-35-17-8-10-23-43(35)57-48(39)40)34-19-11-22-42-46(34)36-18-7-9-21-41(36)55-42/h1-29H/i1D,2D,3D,4D,5D,6D,12D,13D,14D,15D,16D,20D,24D,25D,26D,29D. The van der Waals surface area contributed by atoms with Crippen LogP contribution in [-0.2, 0) is 0 Å². The Balaban J connectivity index is 1.18. The highest BCUT2D eigenvalue weighted by atomic mass is 32.1. The van der Waals surface area contributed by atoms with Gasteiger partial charge in [0.05, 0.1) is 21.9 Å². The lowest BCUT2D eigenvalue weighted by molar-refractivity contribution is 0.669. The maximum atomic E-state index is 10.0. The zero-order valence-electron chi connectivity index (χ0n) is 45.1. The smallest absolute Gasteiger partial charge is 0.164 e. The molecule has 0 aliphatic carbocycles. The second kappa shape index (κ2) is 12.8. The molecule has 8 aromatic carbocycles. The van der Waals surface area contributed by atoms with Crippen LogP contribution in [0.5, 0.6) is 0 Å². The summed E-state index contributed by atoms with van der Waals surface area (Å²) in [5, 5.41) is 3.44. The van der Waals surface area contributed by atoms with Crippen molar-refractivity contribution < 1.29 is 26.3 Å². The van der Waals surface area contributed by atoms with Crippen molar-refractivity contribution in [1.29, 1.82) is 0 Å². The van der Waals surface area contributed by atoms with Crippen molar-refractivity contribution in [1.82, 2.24) is 15.0 Å². The maximum Gasteiger partial charge on any atom is 0.164 e. The number of thiophene rings is 2. The van der Waals surface area contributed by atoms with Crippen LogP contribution in [0.25, 0.3) is 119 Å². The SMILES string of the molecule is [2H]c1c([2H])c([2H])c(-c2nc(-c3c([2H])c([2H])c([2H])c([2H])c3[2H])nc(-c3c([2H])c([2H])c([2H])c4sc5c([2H])c(-c6cc(-c7cccc8oc9ccccc9c78)cc7c6sc6ccccc67)c([2H])c([2H])c5c34)n2)c([2H])c1[2H]. The fourth-order valence-electron chi connectivity index (χ4n) is 7.37. The van der Waals surface area contributed by atoms with Gasteiger partial charge in [0.25, 0.3) is 0 Å². The fourth-order valence-corrected chi connectivity index (χ4v) is 9.59. The maximum absolute atomic E-state index is 10.0. The van der Waals surface area contributed by atoms with E-state index >= 15 is 0 Å². The summed E-state index contributed by atoms with van der Waals surface area (Å²) in [6.45, 7) is 0. The fraction of sp³-hybridized carbons (Fsp3) is 0. The zero-order valence-corrected chi connectivity index (χ0v) is 30.7. The van der Waals surface area contributed by atoms with E-state index in [9.17, 15) is 6.85 Å². The Morgan fingerprint density at radius 3 is 1.95 bits per heavy atom. The van der Waals surface area contributed by atoms with Gasteiger partial charge < -0.3 is 4.42 Å². The molecule has 57 heavy (non-hydrogen) atoms. The molecule has 0 radical (unpaired) electrons. The molecular weight excluding hydrogens is 735 g/mol. The summed E-state index contributed by atoms with van der Waals surface area (Å²) in [6, 6.07) is 15.2. The first kappa shape index (κ1) is 20.3. The van der Waals surface area contributed by atoms with Gasteiger partial charge in [0, 0.05) is 73.4 Å². The first-order valence-electron chi connectivity index (χ1n) is 25.6. The summed E-state index contributed by atoms with van der Waals surface area (Å²) in [6.07, 6.45) is 0. The van der Waals surface area contributed by atoms with Crippen molar-refractivity contribution >= 4 is 85.0 Å². The number of aromatic nitrogens is 3.